The number of hydrogen-bond donors (Lipinski definition) is 1. The van der Waals surface area contributed by atoms with Gasteiger partial charge in [-0.05, 0) is 19.1 Å². The Labute approximate surface area is 126 Å². The van der Waals surface area contributed by atoms with Gasteiger partial charge in [0.2, 0.25) is 0 Å². The van der Waals surface area contributed by atoms with Crippen molar-refractivity contribution in [2.45, 2.75) is 12.1 Å². The number of rotatable bonds is 6. The first-order chi connectivity index (χ1) is 10.0. The third kappa shape index (κ3) is 3.49. The molecule has 0 atom stereocenters. The number of carbonyl (C=O) groups is 1. The molecule has 6 nitrogen and oxygen atoms in total. The Hall–Kier alpha value is -2.15. The summed E-state index contributed by atoms with van der Waals surface area (Å²) >= 11 is 1.17. The maximum atomic E-state index is 10.7. The summed E-state index contributed by atoms with van der Waals surface area (Å²) in [5.74, 6) is 0.330. The monoisotopic (exact) mass is 308 g/mol. The van der Waals surface area contributed by atoms with Gasteiger partial charge in [-0.1, -0.05) is 11.8 Å². The van der Waals surface area contributed by atoms with Gasteiger partial charge in [0.15, 0.2) is 16.7 Å². The van der Waals surface area contributed by atoms with Crippen LogP contribution in [0.2, 0.25) is 0 Å². The first-order valence-electron chi connectivity index (χ1n) is 6.18. The summed E-state index contributed by atoms with van der Waals surface area (Å²) in [5, 5.41) is 9.43. The molecule has 112 valence electrons. The van der Waals surface area contributed by atoms with E-state index in [1.165, 1.54) is 11.8 Å². The maximum Gasteiger partial charge on any atom is 0.313 e. The number of methoxy groups -OCH3 is 2. The number of aromatic nitrogens is 2. The van der Waals surface area contributed by atoms with Gasteiger partial charge in [0.05, 0.1) is 31.4 Å². The first-order valence-corrected chi connectivity index (χ1v) is 7.16. The van der Waals surface area contributed by atoms with E-state index < -0.39 is 5.97 Å². The Kier molecular flexibility index (Phi) is 4.74. The Balaban J connectivity index is 2.39. The van der Waals surface area contributed by atoms with Crippen molar-refractivity contribution in [3.8, 4) is 17.2 Å². The minimum Gasteiger partial charge on any atom is -0.493 e. The lowest BCUT2D eigenvalue weighted by Gasteiger charge is -2.11. The van der Waals surface area contributed by atoms with E-state index in [4.69, 9.17) is 14.6 Å². The molecule has 1 aromatic carbocycles. The van der Waals surface area contributed by atoms with Gasteiger partial charge in [0, 0.05) is 12.3 Å². The fraction of sp³-hybridized carbons (Fsp3) is 0.286. The number of benzene rings is 1. The molecular weight excluding hydrogens is 292 g/mol. The number of carboxylic acid groups (broad SMARTS) is 1. The van der Waals surface area contributed by atoms with E-state index in [0.29, 0.717) is 16.7 Å². The molecule has 0 radical (unpaired) electrons. The topological polar surface area (TPSA) is 73.6 Å². The molecule has 1 heterocycles. The van der Waals surface area contributed by atoms with Crippen molar-refractivity contribution in [1.29, 1.82) is 0 Å². The number of carboxylic acids is 1. The molecule has 0 aliphatic rings. The second kappa shape index (κ2) is 6.53. The lowest BCUT2D eigenvalue weighted by molar-refractivity contribution is -0.133. The van der Waals surface area contributed by atoms with E-state index in [0.717, 1.165) is 11.4 Å². The molecule has 7 heteroatoms. The summed E-state index contributed by atoms with van der Waals surface area (Å²) in [6.45, 7) is 1.86. The molecule has 0 aliphatic heterocycles. The Morgan fingerprint density at radius 3 is 2.67 bits per heavy atom. The van der Waals surface area contributed by atoms with Crippen molar-refractivity contribution in [3.63, 3.8) is 0 Å². The van der Waals surface area contributed by atoms with Crippen LogP contribution in [-0.4, -0.2) is 40.6 Å². The second-order valence-corrected chi connectivity index (χ2v) is 5.20. The highest BCUT2D eigenvalue weighted by Crippen LogP contribution is 2.31. The number of thioether (sulfide) groups is 1. The minimum atomic E-state index is -0.875. The average molecular weight is 308 g/mol. The van der Waals surface area contributed by atoms with Crippen LogP contribution < -0.4 is 9.47 Å². The molecule has 21 heavy (non-hydrogen) atoms. The molecular formula is C14H16N2O4S. The SMILES string of the molecule is COc1ccc(-n2cc(C)nc2SCC(=O)O)cc1OC. The van der Waals surface area contributed by atoms with Crippen LogP contribution in [0.4, 0.5) is 0 Å². The Morgan fingerprint density at radius 1 is 1.33 bits per heavy atom. The summed E-state index contributed by atoms with van der Waals surface area (Å²) in [6.07, 6.45) is 1.85. The summed E-state index contributed by atoms with van der Waals surface area (Å²) in [4.78, 5) is 15.1. The molecule has 0 amide bonds. The zero-order valence-corrected chi connectivity index (χ0v) is 12.8. The lowest BCUT2D eigenvalue weighted by atomic mass is 10.2. The standard InChI is InChI=1S/C14H16N2O4S/c1-9-7-16(14(15-9)21-8-13(17)18)10-4-5-11(19-2)12(6-10)20-3/h4-7H,8H2,1-3H3,(H,17,18). The van der Waals surface area contributed by atoms with Crippen LogP contribution in [0.3, 0.4) is 0 Å². The Bertz CT molecular complexity index is 654. The summed E-state index contributed by atoms with van der Waals surface area (Å²) in [6, 6.07) is 5.49. The highest BCUT2D eigenvalue weighted by molar-refractivity contribution is 7.99. The van der Waals surface area contributed by atoms with Crippen molar-refractivity contribution >= 4 is 17.7 Å². The fourth-order valence-electron chi connectivity index (χ4n) is 1.86. The second-order valence-electron chi connectivity index (χ2n) is 4.26. The molecule has 0 fully saturated rings. The molecule has 0 aliphatic carbocycles. The highest BCUT2D eigenvalue weighted by Gasteiger charge is 2.12. The van der Waals surface area contributed by atoms with Crippen LogP contribution in [0.25, 0.3) is 5.69 Å². The van der Waals surface area contributed by atoms with E-state index in [-0.39, 0.29) is 5.75 Å². The average Bonchev–Trinajstić information content (AvgIpc) is 2.85. The first kappa shape index (κ1) is 15.2. The van der Waals surface area contributed by atoms with Gasteiger partial charge in [0.1, 0.15) is 0 Å². The highest BCUT2D eigenvalue weighted by atomic mass is 32.2. The molecule has 0 saturated carbocycles. The number of hydrogen-bond acceptors (Lipinski definition) is 5. The van der Waals surface area contributed by atoms with Crippen molar-refractivity contribution in [1.82, 2.24) is 9.55 Å². The maximum absolute atomic E-state index is 10.7. The van der Waals surface area contributed by atoms with E-state index in [1.807, 2.05) is 29.8 Å². The van der Waals surface area contributed by atoms with Crippen LogP contribution in [0.1, 0.15) is 5.69 Å². The lowest BCUT2D eigenvalue weighted by Crippen LogP contribution is -2.02. The van der Waals surface area contributed by atoms with E-state index in [9.17, 15) is 4.79 Å². The summed E-state index contributed by atoms with van der Waals surface area (Å²) < 4.78 is 12.3. The quantitative estimate of drug-likeness (QED) is 0.826. The largest absolute Gasteiger partial charge is 0.493 e. The smallest absolute Gasteiger partial charge is 0.313 e. The summed E-state index contributed by atoms with van der Waals surface area (Å²) in [7, 11) is 3.15. The predicted molar refractivity (Wildman–Crippen MR) is 79.8 cm³/mol. The Morgan fingerprint density at radius 2 is 2.05 bits per heavy atom. The summed E-state index contributed by atoms with van der Waals surface area (Å²) in [5.41, 5.74) is 1.65. The molecule has 0 bridgehead atoms. The van der Waals surface area contributed by atoms with Crippen molar-refractivity contribution < 1.29 is 19.4 Å². The van der Waals surface area contributed by atoms with Crippen LogP contribution in [0.15, 0.2) is 29.6 Å². The van der Waals surface area contributed by atoms with Gasteiger partial charge in [-0.15, -0.1) is 0 Å². The van der Waals surface area contributed by atoms with Gasteiger partial charge >= 0.3 is 5.97 Å². The van der Waals surface area contributed by atoms with Gasteiger partial charge < -0.3 is 14.6 Å². The van der Waals surface area contributed by atoms with E-state index in [2.05, 4.69) is 4.98 Å². The molecule has 2 aromatic rings. The van der Waals surface area contributed by atoms with E-state index in [1.54, 1.807) is 20.3 Å². The number of aryl methyl sites for hydroxylation is 1. The van der Waals surface area contributed by atoms with Crippen LogP contribution in [-0.2, 0) is 4.79 Å². The van der Waals surface area contributed by atoms with Crippen LogP contribution in [0, 0.1) is 6.92 Å². The van der Waals surface area contributed by atoms with E-state index >= 15 is 0 Å². The predicted octanol–water partition coefficient (Wildman–Crippen LogP) is 2.37. The van der Waals surface area contributed by atoms with Gasteiger partial charge in [-0.25, -0.2) is 4.98 Å². The van der Waals surface area contributed by atoms with Gasteiger partial charge in [-0.2, -0.15) is 0 Å². The third-order valence-electron chi connectivity index (χ3n) is 2.76. The number of nitrogens with zero attached hydrogens (tertiary/aromatic N) is 2. The zero-order valence-electron chi connectivity index (χ0n) is 12.0. The van der Waals surface area contributed by atoms with Gasteiger partial charge in [0.25, 0.3) is 0 Å². The number of aliphatic carboxylic acids is 1. The fourth-order valence-corrected chi connectivity index (χ4v) is 2.62. The van der Waals surface area contributed by atoms with Crippen molar-refractivity contribution in [2.75, 3.05) is 20.0 Å². The zero-order chi connectivity index (χ0) is 15.4. The molecule has 1 aromatic heterocycles. The van der Waals surface area contributed by atoms with Crippen molar-refractivity contribution in [2.24, 2.45) is 0 Å². The van der Waals surface area contributed by atoms with Crippen LogP contribution >= 0.6 is 11.8 Å². The molecule has 0 saturated heterocycles. The van der Waals surface area contributed by atoms with Crippen LogP contribution in [0.5, 0.6) is 11.5 Å². The third-order valence-corrected chi connectivity index (χ3v) is 3.70. The molecule has 0 unspecified atom stereocenters. The number of ether oxygens (including phenoxy) is 2. The molecule has 2 rings (SSSR count). The normalized spacial score (nSPS) is 10.4. The van der Waals surface area contributed by atoms with Gasteiger partial charge in [-0.3, -0.25) is 9.36 Å². The molecule has 1 N–H and O–H groups in total. The number of imidazole rings is 1. The van der Waals surface area contributed by atoms with Crippen molar-refractivity contribution in [3.05, 3.63) is 30.1 Å². The minimum absolute atomic E-state index is 0.0380. The molecule has 0 spiro atoms.